The van der Waals surface area contributed by atoms with Gasteiger partial charge in [-0.15, -0.1) is 0 Å². The normalized spacial score (nSPS) is 16.2. The van der Waals surface area contributed by atoms with Gasteiger partial charge >= 0.3 is 5.91 Å². The second-order valence-electron chi connectivity index (χ2n) is 10.1. The molecule has 0 bridgehead atoms. The van der Waals surface area contributed by atoms with Gasteiger partial charge in [-0.2, -0.15) is 0 Å². The number of carbonyl (C=O) groups is 2. The third kappa shape index (κ3) is 5.59. The van der Waals surface area contributed by atoms with Crippen molar-refractivity contribution < 1.29 is 24.2 Å². The highest BCUT2D eigenvalue weighted by Gasteiger charge is 2.48. The number of thiazole rings is 1. The lowest BCUT2D eigenvalue weighted by atomic mass is 9.95. The number of benzene rings is 4. The summed E-state index contributed by atoms with van der Waals surface area (Å²) in [7, 11) is 0. The summed E-state index contributed by atoms with van der Waals surface area (Å²) in [5.41, 5.74) is 3.58. The Morgan fingerprint density at radius 1 is 0.953 bits per heavy atom. The van der Waals surface area contributed by atoms with Gasteiger partial charge in [-0.25, -0.2) is 4.98 Å². The molecule has 1 atom stereocenters. The number of ketones is 1. The Morgan fingerprint density at radius 2 is 1.72 bits per heavy atom. The molecule has 216 valence electrons. The Hall–Kier alpha value is -4.66. The quantitative estimate of drug-likeness (QED) is 0.109. The van der Waals surface area contributed by atoms with E-state index in [0.29, 0.717) is 51.5 Å². The number of aliphatic hydroxyl groups excluding tert-OH is 1. The smallest absolute Gasteiger partial charge is 0.301 e. The highest BCUT2D eigenvalue weighted by Crippen LogP contribution is 2.46. The van der Waals surface area contributed by atoms with Gasteiger partial charge in [0.05, 0.1) is 28.4 Å². The molecule has 5 aromatic rings. The molecule has 9 heteroatoms. The lowest BCUT2D eigenvalue weighted by Crippen LogP contribution is -2.29. The van der Waals surface area contributed by atoms with E-state index in [0.717, 1.165) is 15.8 Å². The van der Waals surface area contributed by atoms with E-state index in [1.807, 2.05) is 56.3 Å². The summed E-state index contributed by atoms with van der Waals surface area (Å²) >= 11 is 7.46. The van der Waals surface area contributed by atoms with Crippen LogP contribution in [0, 0.1) is 6.92 Å². The van der Waals surface area contributed by atoms with Gasteiger partial charge in [-0.05, 0) is 55.3 Å². The van der Waals surface area contributed by atoms with Gasteiger partial charge < -0.3 is 14.6 Å². The molecule has 4 aromatic carbocycles. The summed E-state index contributed by atoms with van der Waals surface area (Å²) in [5.74, 6) is -0.890. The van der Waals surface area contributed by atoms with Crippen LogP contribution in [-0.4, -0.2) is 28.4 Å². The number of aromatic nitrogens is 1. The number of carbonyl (C=O) groups excluding carboxylic acids is 2. The first-order chi connectivity index (χ1) is 20.8. The number of nitrogens with zero attached hydrogens (tertiary/aromatic N) is 2. The SMILES string of the molecule is CCOc1cc(C2/C(=C(\O)c3ccc(C)cc3)C(=O)C(=O)N2c2nc3ccc(Cl)cc3s2)ccc1OCc1ccccc1. The molecule has 1 N–H and O–H groups in total. The highest BCUT2D eigenvalue weighted by atomic mass is 35.5. The van der Waals surface area contributed by atoms with Crippen molar-refractivity contribution in [2.24, 2.45) is 0 Å². The summed E-state index contributed by atoms with van der Waals surface area (Å²) < 4.78 is 12.8. The lowest BCUT2D eigenvalue weighted by Gasteiger charge is -2.24. The van der Waals surface area contributed by atoms with E-state index in [4.69, 9.17) is 21.1 Å². The molecule has 1 aromatic heterocycles. The molecule has 0 spiro atoms. The van der Waals surface area contributed by atoms with Crippen LogP contribution in [0.3, 0.4) is 0 Å². The van der Waals surface area contributed by atoms with Crippen molar-refractivity contribution in [2.45, 2.75) is 26.5 Å². The van der Waals surface area contributed by atoms with E-state index in [1.165, 1.54) is 16.2 Å². The first kappa shape index (κ1) is 28.5. The van der Waals surface area contributed by atoms with Crippen molar-refractivity contribution in [3.05, 3.63) is 124 Å². The number of amides is 1. The van der Waals surface area contributed by atoms with Gasteiger partial charge in [0.15, 0.2) is 16.6 Å². The Balaban J connectivity index is 1.49. The van der Waals surface area contributed by atoms with Crippen LogP contribution in [0.1, 0.15) is 35.2 Å². The molecule has 1 aliphatic rings. The van der Waals surface area contributed by atoms with E-state index in [1.54, 1.807) is 48.5 Å². The number of ether oxygens (including phenoxy) is 2. The van der Waals surface area contributed by atoms with Gasteiger partial charge in [-0.3, -0.25) is 14.5 Å². The Morgan fingerprint density at radius 3 is 2.47 bits per heavy atom. The monoisotopic (exact) mass is 610 g/mol. The van der Waals surface area contributed by atoms with Gasteiger partial charge in [0.25, 0.3) is 5.78 Å². The van der Waals surface area contributed by atoms with Crippen molar-refractivity contribution in [1.82, 2.24) is 4.98 Å². The standard InChI is InChI=1S/C34H27ClN2O5S/c1-3-41-27-17-23(13-16-26(27)42-19-21-7-5-4-6-8-21)30-29(31(38)22-11-9-20(2)10-12-22)32(39)33(40)37(30)34-36-25-15-14-24(35)18-28(25)43-34/h4-18,30,38H,3,19H2,1-2H3/b31-29+. The molecule has 2 heterocycles. The number of aryl methyl sites for hydroxylation is 1. The molecule has 6 rings (SSSR count). The summed E-state index contributed by atoms with van der Waals surface area (Å²) in [6.07, 6.45) is 0. The largest absolute Gasteiger partial charge is 0.507 e. The van der Waals surface area contributed by atoms with Crippen LogP contribution in [0.5, 0.6) is 11.5 Å². The molecule has 0 radical (unpaired) electrons. The van der Waals surface area contributed by atoms with Gasteiger partial charge in [0.1, 0.15) is 12.4 Å². The van der Waals surface area contributed by atoms with Crippen LogP contribution in [-0.2, 0) is 16.2 Å². The number of rotatable bonds is 8. The second-order valence-corrected chi connectivity index (χ2v) is 11.5. The molecule has 0 aliphatic carbocycles. The molecule has 0 saturated carbocycles. The predicted octanol–water partition coefficient (Wildman–Crippen LogP) is 7.86. The average Bonchev–Trinajstić information content (AvgIpc) is 3.54. The van der Waals surface area contributed by atoms with Crippen molar-refractivity contribution in [2.75, 3.05) is 11.5 Å². The zero-order valence-corrected chi connectivity index (χ0v) is 25.0. The van der Waals surface area contributed by atoms with E-state index in [2.05, 4.69) is 4.98 Å². The van der Waals surface area contributed by atoms with Crippen molar-refractivity contribution in [1.29, 1.82) is 0 Å². The van der Waals surface area contributed by atoms with Crippen LogP contribution in [0.15, 0.2) is 96.6 Å². The summed E-state index contributed by atoms with van der Waals surface area (Å²) in [6.45, 7) is 4.50. The second kappa shape index (κ2) is 11.9. The van der Waals surface area contributed by atoms with Gasteiger partial charge in [0, 0.05) is 10.6 Å². The number of hydrogen-bond donors (Lipinski definition) is 1. The first-order valence-electron chi connectivity index (χ1n) is 13.7. The number of Topliss-reactive ketones (excluding diaryl/α,β-unsaturated/α-hetero) is 1. The minimum Gasteiger partial charge on any atom is -0.507 e. The molecule has 1 aliphatic heterocycles. The van der Waals surface area contributed by atoms with Crippen LogP contribution < -0.4 is 14.4 Å². The summed E-state index contributed by atoms with van der Waals surface area (Å²) in [4.78, 5) is 33.3. The number of anilines is 1. The van der Waals surface area contributed by atoms with Crippen LogP contribution >= 0.6 is 22.9 Å². The summed E-state index contributed by atoms with van der Waals surface area (Å²) in [6, 6.07) is 26.5. The Bertz CT molecular complexity index is 1870. The summed E-state index contributed by atoms with van der Waals surface area (Å²) in [5, 5.41) is 12.3. The van der Waals surface area contributed by atoms with Crippen LogP contribution in [0.2, 0.25) is 5.02 Å². The van der Waals surface area contributed by atoms with E-state index < -0.39 is 17.7 Å². The molecule has 43 heavy (non-hydrogen) atoms. The van der Waals surface area contributed by atoms with Crippen LogP contribution in [0.4, 0.5) is 5.13 Å². The first-order valence-corrected chi connectivity index (χ1v) is 14.9. The van der Waals surface area contributed by atoms with E-state index in [9.17, 15) is 14.7 Å². The fourth-order valence-electron chi connectivity index (χ4n) is 5.02. The zero-order valence-electron chi connectivity index (χ0n) is 23.4. The van der Waals surface area contributed by atoms with Crippen molar-refractivity contribution >= 4 is 55.7 Å². The molecule has 1 fully saturated rings. The van der Waals surface area contributed by atoms with Crippen LogP contribution in [0.25, 0.3) is 16.0 Å². The number of aliphatic hydroxyl groups is 1. The maximum atomic E-state index is 13.7. The van der Waals surface area contributed by atoms with Crippen molar-refractivity contribution in [3.63, 3.8) is 0 Å². The topological polar surface area (TPSA) is 89.0 Å². The maximum Gasteiger partial charge on any atom is 0.301 e. The number of hydrogen-bond acceptors (Lipinski definition) is 7. The minimum absolute atomic E-state index is 0.0356. The average molecular weight is 611 g/mol. The minimum atomic E-state index is -0.972. The Kier molecular flexibility index (Phi) is 7.88. The predicted molar refractivity (Wildman–Crippen MR) is 169 cm³/mol. The third-order valence-corrected chi connectivity index (χ3v) is 8.39. The van der Waals surface area contributed by atoms with Gasteiger partial charge in [0.2, 0.25) is 0 Å². The molecule has 1 unspecified atom stereocenters. The number of halogens is 1. The molecule has 1 amide bonds. The molecule has 1 saturated heterocycles. The molecular weight excluding hydrogens is 584 g/mol. The number of fused-ring (bicyclic) bond motifs is 1. The third-order valence-electron chi connectivity index (χ3n) is 7.14. The van der Waals surface area contributed by atoms with Gasteiger partial charge in [-0.1, -0.05) is 89.2 Å². The van der Waals surface area contributed by atoms with E-state index in [-0.39, 0.29) is 11.3 Å². The maximum absolute atomic E-state index is 13.7. The molecule has 7 nitrogen and oxygen atoms in total. The van der Waals surface area contributed by atoms with E-state index >= 15 is 0 Å². The fourth-order valence-corrected chi connectivity index (χ4v) is 6.29. The highest BCUT2D eigenvalue weighted by molar-refractivity contribution is 7.22. The lowest BCUT2D eigenvalue weighted by molar-refractivity contribution is -0.132. The Labute approximate surface area is 257 Å². The fraction of sp³-hybridized carbons (Fsp3) is 0.147. The van der Waals surface area contributed by atoms with Crippen molar-refractivity contribution in [3.8, 4) is 11.5 Å². The molecular formula is C34H27ClN2O5S. The zero-order chi connectivity index (χ0) is 30.1.